The highest BCUT2D eigenvalue weighted by atomic mass is 16.5. The maximum Gasteiger partial charge on any atom is 0.338 e. The Hall–Kier alpha value is -3.78. The number of fused-ring (bicyclic) bond motifs is 1. The van der Waals surface area contributed by atoms with Crippen LogP contribution in [0.25, 0.3) is 11.6 Å². The third-order valence-corrected chi connectivity index (χ3v) is 8.35. The van der Waals surface area contributed by atoms with Gasteiger partial charge in [0.2, 0.25) is 0 Å². The van der Waals surface area contributed by atoms with Crippen molar-refractivity contribution in [2.75, 3.05) is 39.3 Å². The highest BCUT2D eigenvalue weighted by Gasteiger charge is 2.22. The topological polar surface area (TPSA) is 84.2 Å². The molecule has 8 nitrogen and oxygen atoms in total. The molecule has 242 valence electrons. The Bertz CT molecular complexity index is 1450. The minimum atomic E-state index is -0.380. The number of pyridine rings is 1. The van der Waals surface area contributed by atoms with Gasteiger partial charge in [-0.1, -0.05) is 58.4 Å². The molecule has 0 N–H and O–H groups in total. The second-order valence-corrected chi connectivity index (χ2v) is 12.9. The number of benzene rings is 1. The normalized spacial score (nSPS) is 14.1. The lowest BCUT2D eigenvalue weighted by Gasteiger charge is -2.25. The largest absolute Gasteiger partial charge is 0.462 e. The number of esters is 1. The molecular formula is C37H50N4O4. The van der Waals surface area contributed by atoms with Crippen LogP contribution in [-0.4, -0.2) is 76.4 Å². The van der Waals surface area contributed by atoms with Gasteiger partial charge in [-0.15, -0.1) is 0 Å². The second-order valence-electron chi connectivity index (χ2n) is 12.9. The van der Waals surface area contributed by atoms with E-state index in [1.807, 2.05) is 23.1 Å². The summed E-state index contributed by atoms with van der Waals surface area (Å²) in [5, 5.41) is 4.71. The van der Waals surface area contributed by atoms with Crippen molar-refractivity contribution in [2.45, 2.75) is 73.1 Å². The lowest BCUT2D eigenvalue weighted by Crippen LogP contribution is -2.34. The Morgan fingerprint density at radius 2 is 1.60 bits per heavy atom. The van der Waals surface area contributed by atoms with Crippen LogP contribution in [-0.2, 0) is 11.2 Å². The number of rotatable bonds is 15. The molecule has 1 fully saturated rings. The summed E-state index contributed by atoms with van der Waals surface area (Å²) in [7, 11) is 0. The molecule has 0 aliphatic carbocycles. The summed E-state index contributed by atoms with van der Waals surface area (Å²) in [6, 6.07) is 10.6. The van der Waals surface area contributed by atoms with Crippen molar-refractivity contribution >= 4 is 29.3 Å². The zero-order chi connectivity index (χ0) is 32.3. The van der Waals surface area contributed by atoms with Gasteiger partial charge in [0.15, 0.2) is 5.78 Å². The zero-order valence-corrected chi connectivity index (χ0v) is 27.8. The average molecular weight is 615 g/mol. The van der Waals surface area contributed by atoms with Gasteiger partial charge < -0.3 is 9.64 Å². The van der Waals surface area contributed by atoms with E-state index in [0.717, 1.165) is 62.2 Å². The first-order chi connectivity index (χ1) is 21.7. The molecule has 0 unspecified atom stereocenters. The van der Waals surface area contributed by atoms with Crippen LogP contribution in [0.1, 0.15) is 109 Å². The van der Waals surface area contributed by atoms with E-state index in [2.05, 4.69) is 38.7 Å². The quantitative estimate of drug-likeness (QED) is 0.136. The molecule has 0 saturated carbocycles. The third-order valence-electron chi connectivity index (χ3n) is 8.35. The van der Waals surface area contributed by atoms with Gasteiger partial charge in [0.05, 0.1) is 17.7 Å². The van der Waals surface area contributed by atoms with Crippen LogP contribution < -0.4 is 0 Å². The molecule has 45 heavy (non-hydrogen) atoms. The van der Waals surface area contributed by atoms with Gasteiger partial charge in [0, 0.05) is 43.4 Å². The van der Waals surface area contributed by atoms with Crippen LogP contribution in [0.2, 0.25) is 0 Å². The first-order valence-electron chi connectivity index (χ1n) is 16.7. The van der Waals surface area contributed by atoms with Crippen molar-refractivity contribution in [3.05, 3.63) is 76.6 Å². The molecule has 3 heterocycles. The minimum Gasteiger partial charge on any atom is -0.462 e. The average Bonchev–Trinajstić information content (AvgIpc) is 3.39. The maximum atomic E-state index is 13.8. The van der Waals surface area contributed by atoms with Gasteiger partial charge in [-0.3, -0.25) is 14.5 Å². The Morgan fingerprint density at radius 3 is 2.22 bits per heavy atom. The molecule has 1 aromatic carbocycles. The molecule has 1 saturated heterocycles. The summed E-state index contributed by atoms with van der Waals surface area (Å²) >= 11 is 0. The zero-order valence-electron chi connectivity index (χ0n) is 27.8. The summed E-state index contributed by atoms with van der Waals surface area (Å²) < 4.78 is 6.79. The smallest absolute Gasteiger partial charge is 0.338 e. The number of ketones is 1. The highest BCUT2D eigenvalue weighted by molar-refractivity contribution is 6.02. The van der Waals surface area contributed by atoms with Crippen molar-refractivity contribution in [1.82, 2.24) is 19.4 Å². The molecule has 8 heteroatoms. The summed E-state index contributed by atoms with van der Waals surface area (Å²) in [6.45, 7) is 15.2. The number of amides is 1. The Morgan fingerprint density at radius 1 is 0.933 bits per heavy atom. The van der Waals surface area contributed by atoms with Gasteiger partial charge >= 0.3 is 5.97 Å². The lowest BCUT2D eigenvalue weighted by atomic mass is 10.0. The van der Waals surface area contributed by atoms with E-state index in [1.165, 1.54) is 19.3 Å². The van der Waals surface area contributed by atoms with E-state index in [4.69, 9.17) is 9.84 Å². The minimum absolute atomic E-state index is 0.0119. The summed E-state index contributed by atoms with van der Waals surface area (Å²) in [5.41, 5.74) is 3.69. The van der Waals surface area contributed by atoms with Crippen molar-refractivity contribution in [2.24, 2.45) is 11.8 Å². The number of likely N-dealkylation sites (tertiary alicyclic amines) is 1. The van der Waals surface area contributed by atoms with Crippen molar-refractivity contribution in [3.8, 4) is 0 Å². The molecule has 1 amide bonds. The van der Waals surface area contributed by atoms with Gasteiger partial charge in [0.1, 0.15) is 5.69 Å². The third kappa shape index (κ3) is 9.60. The Balaban J connectivity index is 1.64. The molecule has 4 rings (SSSR count). The maximum absolute atomic E-state index is 13.8. The highest BCUT2D eigenvalue weighted by Crippen LogP contribution is 2.23. The van der Waals surface area contributed by atoms with E-state index >= 15 is 0 Å². The van der Waals surface area contributed by atoms with E-state index in [0.29, 0.717) is 35.3 Å². The fraction of sp³-hybridized carbons (Fsp3) is 0.514. The number of ether oxygens (including phenoxy) is 1. The molecule has 1 aliphatic heterocycles. The van der Waals surface area contributed by atoms with E-state index in [-0.39, 0.29) is 24.1 Å². The van der Waals surface area contributed by atoms with Crippen LogP contribution in [0, 0.1) is 11.8 Å². The summed E-state index contributed by atoms with van der Waals surface area (Å²) in [6.07, 6.45) is 11.6. The molecule has 2 aromatic heterocycles. The van der Waals surface area contributed by atoms with E-state index in [9.17, 15) is 14.4 Å². The predicted molar refractivity (Wildman–Crippen MR) is 180 cm³/mol. The van der Waals surface area contributed by atoms with Gasteiger partial charge in [-0.2, -0.15) is 5.10 Å². The number of Topliss-reactive ketones (excluding diaryl/α,β-unsaturated/α-hetero) is 1. The Labute approximate surface area is 268 Å². The monoisotopic (exact) mass is 614 g/mol. The lowest BCUT2D eigenvalue weighted by molar-refractivity contribution is 0.0526. The number of aromatic nitrogens is 2. The van der Waals surface area contributed by atoms with Gasteiger partial charge in [0.25, 0.3) is 5.91 Å². The molecule has 0 spiro atoms. The predicted octanol–water partition coefficient (Wildman–Crippen LogP) is 6.97. The SMILES string of the molecule is CCOC(=O)c1ccc(CC(=O)c2nn3ccc(C(=O)N(CCC(C)C)CCC(C)C)cc3c2/C=C/CN2CCCCC2)cc1. The number of hydrogen-bond donors (Lipinski definition) is 0. The number of hydrogen-bond acceptors (Lipinski definition) is 6. The summed E-state index contributed by atoms with van der Waals surface area (Å²) in [5.74, 6) is 0.516. The van der Waals surface area contributed by atoms with Crippen LogP contribution in [0.15, 0.2) is 48.7 Å². The standard InChI is InChI=1S/C37H50N4O4/c1-6-45-37(44)30-14-12-29(13-15-30)25-34(42)35-32(11-10-21-39-19-8-7-9-20-39)33-26-31(18-24-41(33)38-35)36(43)40(22-16-27(2)3)23-17-28(4)5/h10-15,18,24,26-28H,6-9,16-17,19-23,25H2,1-5H3/b11-10+. The van der Waals surface area contributed by atoms with E-state index < -0.39 is 0 Å². The molecule has 3 aromatic rings. The Kier molecular flexibility index (Phi) is 12.5. The number of piperidine rings is 1. The molecule has 1 aliphatic rings. The number of nitrogens with zero attached hydrogens (tertiary/aromatic N) is 4. The van der Waals surface area contributed by atoms with Crippen LogP contribution >= 0.6 is 0 Å². The van der Waals surface area contributed by atoms with E-state index in [1.54, 1.807) is 41.9 Å². The second kappa shape index (κ2) is 16.5. The van der Waals surface area contributed by atoms with Crippen molar-refractivity contribution in [3.63, 3.8) is 0 Å². The van der Waals surface area contributed by atoms with Crippen LogP contribution in [0.5, 0.6) is 0 Å². The molecule has 0 radical (unpaired) electrons. The molecule has 0 bridgehead atoms. The molecular weight excluding hydrogens is 564 g/mol. The van der Waals surface area contributed by atoms with Gasteiger partial charge in [-0.25, -0.2) is 9.31 Å². The van der Waals surface area contributed by atoms with Crippen LogP contribution in [0.3, 0.4) is 0 Å². The first-order valence-corrected chi connectivity index (χ1v) is 16.7. The van der Waals surface area contributed by atoms with Gasteiger partial charge in [-0.05, 0) is 87.4 Å². The summed E-state index contributed by atoms with van der Waals surface area (Å²) in [4.78, 5) is 44.0. The van der Waals surface area contributed by atoms with Crippen molar-refractivity contribution < 1.29 is 19.1 Å². The van der Waals surface area contributed by atoms with Crippen LogP contribution in [0.4, 0.5) is 0 Å². The van der Waals surface area contributed by atoms with Crippen molar-refractivity contribution in [1.29, 1.82) is 0 Å². The fourth-order valence-electron chi connectivity index (χ4n) is 5.60. The first kappa shape index (κ1) is 34.1. The molecule has 0 atom stereocenters. The number of carbonyl (C=O) groups excluding carboxylic acids is 3. The number of carbonyl (C=O) groups is 3. The fourth-order valence-corrected chi connectivity index (χ4v) is 5.60.